The summed E-state index contributed by atoms with van der Waals surface area (Å²) in [5.74, 6) is -2.66. The number of esters is 1. The molecular formula is C13H16N2O5S. The molecule has 8 heteroatoms. The van der Waals surface area contributed by atoms with Gasteiger partial charge in [-0.15, -0.1) is 0 Å². The normalized spacial score (nSPS) is 30.1. The van der Waals surface area contributed by atoms with Gasteiger partial charge in [0.1, 0.15) is 10.8 Å². The van der Waals surface area contributed by atoms with Crippen molar-refractivity contribution in [3.05, 3.63) is 11.6 Å². The van der Waals surface area contributed by atoms with E-state index in [-0.39, 0.29) is 18.3 Å². The van der Waals surface area contributed by atoms with Crippen LogP contribution in [0, 0.1) is 10.8 Å². The highest BCUT2D eigenvalue weighted by molar-refractivity contribution is 7.11. The van der Waals surface area contributed by atoms with Gasteiger partial charge < -0.3 is 14.7 Å². The van der Waals surface area contributed by atoms with Crippen molar-refractivity contribution in [2.24, 2.45) is 10.8 Å². The van der Waals surface area contributed by atoms with E-state index in [0.717, 1.165) is 11.3 Å². The minimum atomic E-state index is -1.64. The number of piperidine rings is 1. The van der Waals surface area contributed by atoms with Gasteiger partial charge in [-0.2, -0.15) is 0 Å². The van der Waals surface area contributed by atoms with E-state index in [1.807, 2.05) is 0 Å². The van der Waals surface area contributed by atoms with Crippen molar-refractivity contribution < 1.29 is 24.2 Å². The molecule has 1 aliphatic rings. The number of aromatic nitrogens is 1. The van der Waals surface area contributed by atoms with Gasteiger partial charge in [-0.1, -0.05) is 11.3 Å². The summed E-state index contributed by atoms with van der Waals surface area (Å²) in [7, 11) is 1.67. The number of hydrogen-bond donors (Lipinski definition) is 1. The largest absolute Gasteiger partial charge is 0.480 e. The summed E-state index contributed by atoms with van der Waals surface area (Å²) in [5, 5.41) is 11.1. The minimum absolute atomic E-state index is 0.0568. The Hall–Kier alpha value is -1.80. The van der Waals surface area contributed by atoms with E-state index in [2.05, 4.69) is 4.98 Å². The first kappa shape index (κ1) is 15.6. The monoisotopic (exact) mass is 312 g/mol. The van der Waals surface area contributed by atoms with Gasteiger partial charge in [0.25, 0.3) is 5.19 Å². The first-order valence-electron chi connectivity index (χ1n) is 6.29. The molecule has 2 heterocycles. The summed E-state index contributed by atoms with van der Waals surface area (Å²) in [5.41, 5.74) is -3.17. The molecule has 0 amide bonds. The molecule has 1 aromatic heterocycles. The smallest absolute Gasteiger partial charge is 0.328 e. The second-order valence-corrected chi connectivity index (χ2v) is 6.52. The quantitative estimate of drug-likeness (QED) is 0.647. The molecule has 21 heavy (non-hydrogen) atoms. The third-order valence-corrected chi connectivity index (χ3v) is 4.33. The molecule has 1 aliphatic heterocycles. The number of carboxylic acid groups (broad SMARTS) is 1. The Morgan fingerprint density at radius 2 is 2.00 bits per heavy atom. The van der Waals surface area contributed by atoms with Crippen molar-refractivity contribution in [1.82, 2.24) is 9.88 Å². The number of carbonyl (C=O) groups is 3. The van der Waals surface area contributed by atoms with Crippen LogP contribution in [0.3, 0.4) is 0 Å². The molecule has 2 atom stereocenters. The van der Waals surface area contributed by atoms with Crippen LogP contribution >= 0.6 is 11.3 Å². The van der Waals surface area contributed by atoms with Gasteiger partial charge in [-0.05, 0) is 20.9 Å². The standard InChI is InChI=1S/C13H16N2O5S/c1-12(9(17)18)6-15(3)7-13(2,8(12)16)10(19)20-11-14-4-5-21-11/h4-5H,6-7H2,1-3H3,(H,17,18). The van der Waals surface area contributed by atoms with E-state index >= 15 is 0 Å². The van der Waals surface area contributed by atoms with E-state index in [0.29, 0.717) is 0 Å². The van der Waals surface area contributed by atoms with Crippen LogP contribution in [-0.2, 0) is 14.4 Å². The first-order valence-corrected chi connectivity index (χ1v) is 7.17. The number of likely N-dealkylation sites (tertiary alicyclic amines) is 1. The lowest BCUT2D eigenvalue weighted by Gasteiger charge is -2.43. The fraction of sp³-hybridized carbons (Fsp3) is 0.538. The summed E-state index contributed by atoms with van der Waals surface area (Å²) in [4.78, 5) is 41.9. The molecule has 0 radical (unpaired) electrons. The third-order valence-electron chi connectivity index (χ3n) is 3.69. The Bertz CT molecular complexity index is 587. The number of thiazole rings is 1. The second-order valence-electron chi connectivity index (χ2n) is 5.66. The van der Waals surface area contributed by atoms with E-state index in [4.69, 9.17) is 4.74 Å². The average Bonchev–Trinajstić information content (AvgIpc) is 2.88. The van der Waals surface area contributed by atoms with Gasteiger partial charge in [-0.25, -0.2) is 4.98 Å². The summed E-state index contributed by atoms with van der Waals surface area (Å²) >= 11 is 1.13. The minimum Gasteiger partial charge on any atom is -0.480 e. The van der Waals surface area contributed by atoms with Crippen LogP contribution < -0.4 is 4.74 Å². The number of ether oxygens (including phenoxy) is 1. The Morgan fingerprint density at radius 3 is 2.52 bits per heavy atom. The highest BCUT2D eigenvalue weighted by Gasteiger charge is 2.58. The molecule has 1 aromatic rings. The summed E-state index contributed by atoms with van der Waals surface area (Å²) in [6, 6.07) is 0. The maximum Gasteiger partial charge on any atom is 0.328 e. The summed E-state index contributed by atoms with van der Waals surface area (Å²) < 4.78 is 5.12. The number of carbonyl (C=O) groups excluding carboxylic acids is 2. The lowest BCUT2D eigenvalue weighted by atomic mass is 9.67. The molecular weight excluding hydrogens is 296 g/mol. The number of nitrogens with zero attached hydrogens (tertiary/aromatic N) is 2. The van der Waals surface area contributed by atoms with Gasteiger partial charge in [0.15, 0.2) is 5.78 Å². The molecule has 1 saturated heterocycles. The van der Waals surface area contributed by atoms with Gasteiger partial charge in [0, 0.05) is 24.7 Å². The van der Waals surface area contributed by atoms with Crippen LogP contribution in [0.2, 0.25) is 0 Å². The van der Waals surface area contributed by atoms with E-state index < -0.39 is 28.6 Å². The molecule has 1 N–H and O–H groups in total. The maximum absolute atomic E-state index is 12.6. The van der Waals surface area contributed by atoms with Crippen molar-refractivity contribution in [3.63, 3.8) is 0 Å². The zero-order valence-corrected chi connectivity index (χ0v) is 12.8. The SMILES string of the molecule is CN1CC(C)(C(=O)O)C(=O)C(C)(C(=O)Oc2nccs2)C1. The molecule has 114 valence electrons. The van der Waals surface area contributed by atoms with Crippen molar-refractivity contribution in [2.45, 2.75) is 13.8 Å². The van der Waals surface area contributed by atoms with Gasteiger partial charge in [0.2, 0.25) is 0 Å². The molecule has 0 saturated carbocycles. The van der Waals surface area contributed by atoms with E-state index in [1.54, 1.807) is 17.3 Å². The number of hydrogen-bond acceptors (Lipinski definition) is 7. The Kier molecular flexibility index (Phi) is 3.85. The third kappa shape index (κ3) is 2.56. The van der Waals surface area contributed by atoms with Gasteiger partial charge in [0.05, 0.1) is 0 Å². The van der Waals surface area contributed by atoms with Gasteiger partial charge >= 0.3 is 11.9 Å². The van der Waals surface area contributed by atoms with Crippen molar-refractivity contribution in [2.75, 3.05) is 20.1 Å². The molecule has 0 aromatic carbocycles. The van der Waals surface area contributed by atoms with Crippen LogP contribution in [-0.4, -0.2) is 52.8 Å². The van der Waals surface area contributed by atoms with Gasteiger partial charge in [-0.3, -0.25) is 14.4 Å². The topological polar surface area (TPSA) is 96.8 Å². The van der Waals surface area contributed by atoms with E-state index in [9.17, 15) is 19.5 Å². The fourth-order valence-corrected chi connectivity index (χ4v) is 3.15. The van der Waals surface area contributed by atoms with Crippen LogP contribution in [0.25, 0.3) is 0 Å². The predicted octanol–water partition coefficient (Wildman–Crippen LogP) is 0.660. The van der Waals surface area contributed by atoms with E-state index in [1.165, 1.54) is 20.0 Å². The van der Waals surface area contributed by atoms with Crippen LogP contribution in [0.5, 0.6) is 5.19 Å². The maximum atomic E-state index is 12.6. The molecule has 0 aliphatic carbocycles. The lowest BCUT2D eigenvalue weighted by Crippen LogP contribution is -2.63. The molecule has 2 rings (SSSR count). The molecule has 1 fully saturated rings. The molecule has 0 bridgehead atoms. The molecule has 7 nitrogen and oxygen atoms in total. The second kappa shape index (κ2) is 5.19. The Balaban J connectivity index is 2.32. The predicted molar refractivity (Wildman–Crippen MR) is 74.1 cm³/mol. The average molecular weight is 312 g/mol. The number of carboxylic acids is 1. The summed E-state index contributed by atoms with van der Waals surface area (Å²) in [6.45, 7) is 2.92. The Morgan fingerprint density at radius 1 is 1.38 bits per heavy atom. The van der Waals surface area contributed by atoms with Crippen LogP contribution in [0.15, 0.2) is 11.6 Å². The summed E-state index contributed by atoms with van der Waals surface area (Å²) in [6.07, 6.45) is 1.48. The number of Topliss-reactive ketones (excluding diaryl/α,β-unsaturated/α-hetero) is 1. The van der Waals surface area contributed by atoms with Crippen LogP contribution in [0.4, 0.5) is 0 Å². The lowest BCUT2D eigenvalue weighted by molar-refractivity contribution is -0.170. The highest BCUT2D eigenvalue weighted by Crippen LogP contribution is 2.38. The molecule has 2 unspecified atom stereocenters. The first-order chi connectivity index (χ1) is 9.70. The van der Waals surface area contributed by atoms with Crippen molar-refractivity contribution in [1.29, 1.82) is 0 Å². The van der Waals surface area contributed by atoms with Crippen LogP contribution in [0.1, 0.15) is 13.8 Å². The van der Waals surface area contributed by atoms with Crippen molar-refractivity contribution >= 4 is 29.1 Å². The number of rotatable bonds is 3. The number of aliphatic carboxylic acids is 1. The highest BCUT2D eigenvalue weighted by atomic mass is 32.1. The molecule has 0 spiro atoms. The fourth-order valence-electron chi connectivity index (χ4n) is 2.66. The zero-order chi connectivity index (χ0) is 15.8. The van der Waals surface area contributed by atoms with Crippen molar-refractivity contribution in [3.8, 4) is 5.19 Å². The Labute approximate surface area is 125 Å². The number of ketones is 1. The zero-order valence-electron chi connectivity index (χ0n) is 12.0.